The molecule has 0 aromatic heterocycles. The number of nitro groups is 1. The van der Waals surface area contributed by atoms with Crippen LogP contribution in [0.15, 0.2) is 12.1 Å². The van der Waals surface area contributed by atoms with Crippen molar-refractivity contribution >= 4 is 23.0 Å². The zero-order valence-corrected chi connectivity index (χ0v) is 11.6. The first kappa shape index (κ1) is 14.1. The van der Waals surface area contributed by atoms with Gasteiger partial charge in [-0.25, -0.2) is 0 Å². The quantitative estimate of drug-likeness (QED) is 0.667. The van der Waals surface area contributed by atoms with E-state index in [-0.39, 0.29) is 17.3 Å². The first-order valence-electron chi connectivity index (χ1n) is 6.36. The molecular formula is C13H17ClN2O3. The van der Waals surface area contributed by atoms with Gasteiger partial charge in [-0.05, 0) is 37.8 Å². The molecular weight excluding hydrogens is 268 g/mol. The molecule has 104 valence electrons. The summed E-state index contributed by atoms with van der Waals surface area (Å²) in [6.45, 7) is 2.42. The number of anilines is 1. The smallest absolute Gasteiger partial charge is 0.288 e. The summed E-state index contributed by atoms with van der Waals surface area (Å²) in [4.78, 5) is 12.5. The molecule has 1 saturated carbocycles. The van der Waals surface area contributed by atoms with E-state index >= 15 is 0 Å². The monoisotopic (exact) mass is 284 g/mol. The summed E-state index contributed by atoms with van der Waals surface area (Å²) < 4.78 is 0. The van der Waals surface area contributed by atoms with Crippen molar-refractivity contribution in [3.63, 3.8) is 0 Å². The number of hydrogen-bond acceptors (Lipinski definition) is 4. The molecule has 1 N–H and O–H groups in total. The van der Waals surface area contributed by atoms with E-state index in [1.54, 1.807) is 6.07 Å². The van der Waals surface area contributed by atoms with Gasteiger partial charge in [-0.1, -0.05) is 11.6 Å². The van der Waals surface area contributed by atoms with E-state index in [0.717, 1.165) is 24.1 Å². The highest BCUT2D eigenvalue weighted by Crippen LogP contribution is 2.36. The number of halogens is 1. The van der Waals surface area contributed by atoms with Crippen LogP contribution in [0.1, 0.15) is 24.8 Å². The molecule has 1 fully saturated rings. The predicted molar refractivity (Wildman–Crippen MR) is 74.9 cm³/mol. The van der Waals surface area contributed by atoms with Gasteiger partial charge in [0.05, 0.1) is 11.5 Å². The highest BCUT2D eigenvalue weighted by molar-refractivity contribution is 6.33. The molecule has 0 unspecified atom stereocenters. The maximum absolute atomic E-state index is 10.8. The van der Waals surface area contributed by atoms with E-state index in [0.29, 0.717) is 12.6 Å². The van der Waals surface area contributed by atoms with Crippen LogP contribution >= 0.6 is 11.6 Å². The fraction of sp³-hybridized carbons (Fsp3) is 0.538. The maximum atomic E-state index is 10.8. The molecule has 0 amide bonds. The Hall–Kier alpha value is -1.33. The Balaban J connectivity index is 2.36. The molecule has 0 aliphatic heterocycles. The van der Waals surface area contributed by atoms with Crippen LogP contribution in [0.25, 0.3) is 0 Å². The summed E-state index contributed by atoms with van der Waals surface area (Å²) in [5.41, 5.74) is 1.63. The van der Waals surface area contributed by atoms with Gasteiger partial charge in [0.25, 0.3) is 5.69 Å². The Morgan fingerprint density at radius 2 is 2.21 bits per heavy atom. The highest BCUT2D eigenvalue weighted by atomic mass is 35.5. The van der Waals surface area contributed by atoms with Gasteiger partial charge in [-0.2, -0.15) is 0 Å². The van der Waals surface area contributed by atoms with Crippen LogP contribution < -0.4 is 4.90 Å². The van der Waals surface area contributed by atoms with Crippen LogP contribution in [-0.2, 0) is 0 Å². The summed E-state index contributed by atoms with van der Waals surface area (Å²) in [7, 11) is 0. The largest absolute Gasteiger partial charge is 0.395 e. The molecule has 1 aromatic carbocycles. The van der Waals surface area contributed by atoms with Crippen molar-refractivity contribution in [1.29, 1.82) is 0 Å². The van der Waals surface area contributed by atoms with E-state index in [1.807, 2.05) is 6.92 Å². The lowest BCUT2D eigenvalue weighted by Crippen LogP contribution is -2.42. The Bertz CT molecular complexity index is 489. The number of aliphatic hydroxyl groups excluding tert-OH is 1. The zero-order valence-electron chi connectivity index (χ0n) is 10.8. The molecule has 0 heterocycles. The molecule has 0 saturated heterocycles. The van der Waals surface area contributed by atoms with Gasteiger partial charge in [0.1, 0.15) is 5.02 Å². The number of aliphatic hydroxyl groups is 1. The Morgan fingerprint density at radius 3 is 2.68 bits per heavy atom. The standard InChI is InChI=1S/C13H17ClN2O3/c1-9-7-13(16(18)19)11(14)8-12(9)15(5-6-17)10-3-2-4-10/h7-8,10,17H,2-6H2,1H3. The second kappa shape index (κ2) is 5.75. The number of hydrogen-bond donors (Lipinski definition) is 1. The molecule has 1 aliphatic carbocycles. The fourth-order valence-corrected chi connectivity index (χ4v) is 2.64. The van der Waals surface area contributed by atoms with Gasteiger partial charge < -0.3 is 10.0 Å². The molecule has 1 aromatic rings. The Labute approximate surface area is 116 Å². The van der Waals surface area contributed by atoms with E-state index in [4.69, 9.17) is 11.6 Å². The second-order valence-corrected chi connectivity index (χ2v) is 5.26. The molecule has 6 heteroatoms. The van der Waals surface area contributed by atoms with Gasteiger partial charge in [0.15, 0.2) is 0 Å². The lowest BCUT2D eigenvalue weighted by molar-refractivity contribution is -0.384. The predicted octanol–water partition coefficient (Wildman–Crippen LogP) is 2.91. The molecule has 2 rings (SSSR count). The normalized spacial score (nSPS) is 15.1. The number of benzene rings is 1. The third-order valence-corrected chi connectivity index (χ3v) is 3.93. The van der Waals surface area contributed by atoms with Crippen molar-refractivity contribution in [3.05, 3.63) is 32.8 Å². The average molecular weight is 285 g/mol. The molecule has 0 bridgehead atoms. The SMILES string of the molecule is Cc1cc([N+](=O)[O-])c(Cl)cc1N(CCO)C1CCC1. The number of aryl methyl sites for hydroxylation is 1. The minimum atomic E-state index is -0.473. The van der Waals surface area contributed by atoms with Gasteiger partial charge in [-0.3, -0.25) is 10.1 Å². The maximum Gasteiger partial charge on any atom is 0.288 e. The second-order valence-electron chi connectivity index (χ2n) is 4.85. The summed E-state index contributed by atoms with van der Waals surface area (Å²) >= 11 is 5.98. The molecule has 0 spiro atoms. The summed E-state index contributed by atoms with van der Waals surface area (Å²) in [5, 5.41) is 20.2. The lowest BCUT2D eigenvalue weighted by atomic mass is 9.90. The van der Waals surface area contributed by atoms with Crippen molar-refractivity contribution in [2.75, 3.05) is 18.1 Å². The Morgan fingerprint density at radius 1 is 1.53 bits per heavy atom. The topological polar surface area (TPSA) is 66.6 Å². The van der Waals surface area contributed by atoms with Crippen molar-refractivity contribution in [3.8, 4) is 0 Å². The molecule has 1 aliphatic rings. The highest BCUT2D eigenvalue weighted by Gasteiger charge is 2.27. The van der Waals surface area contributed by atoms with Gasteiger partial charge in [0, 0.05) is 24.3 Å². The number of nitrogens with zero attached hydrogens (tertiary/aromatic N) is 2. The van der Waals surface area contributed by atoms with Crippen LogP contribution in [0.3, 0.4) is 0 Å². The zero-order chi connectivity index (χ0) is 14.0. The molecule has 0 radical (unpaired) electrons. The van der Waals surface area contributed by atoms with E-state index in [9.17, 15) is 15.2 Å². The van der Waals surface area contributed by atoms with Gasteiger partial charge in [-0.15, -0.1) is 0 Å². The average Bonchev–Trinajstić information content (AvgIpc) is 2.28. The van der Waals surface area contributed by atoms with Crippen molar-refractivity contribution in [2.24, 2.45) is 0 Å². The number of nitro benzene ring substituents is 1. The van der Waals surface area contributed by atoms with Crippen LogP contribution in [0.2, 0.25) is 5.02 Å². The fourth-order valence-electron chi connectivity index (χ4n) is 2.41. The number of rotatable bonds is 5. The van der Waals surface area contributed by atoms with Crippen molar-refractivity contribution < 1.29 is 10.0 Å². The summed E-state index contributed by atoms with van der Waals surface area (Å²) in [5.74, 6) is 0. The molecule has 0 atom stereocenters. The molecule has 5 nitrogen and oxygen atoms in total. The third-order valence-electron chi connectivity index (χ3n) is 3.63. The minimum Gasteiger partial charge on any atom is -0.395 e. The first-order valence-corrected chi connectivity index (χ1v) is 6.74. The Kier molecular flexibility index (Phi) is 4.27. The van der Waals surface area contributed by atoms with Gasteiger partial charge in [0.2, 0.25) is 0 Å². The van der Waals surface area contributed by atoms with Crippen LogP contribution in [0.4, 0.5) is 11.4 Å². The minimum absolute atomic E-state index is 0.0601. The van der Waals surface area contributed by atoms with Crippen LogP contribution in [0.5, 0.6) is 0 Å². The van der Waals surface area contributed by atoms with Crippen LogP contribution in [-0.4, -0.2) is 29.2 Å². The van der Waals surface area contributed by atoms with Gasteiger partial charge >= 0.3 is 0 Å². The summed E-state index contributed by atoms with van der Waals surface area (Å²) in [6, 6.07) is 3.55. The first-order chi connectivity index (χ1) is 9.04. The molecule has 19 heavy (non-hydrogen) atoms. The van der Waals surface area contributed by atoms with E-state index < -0.39 is 4.92 Å². The van der Waals surface area contributed by atoms with Crippen molar-refractivity contribution in [1.82, 2.24) is 0 Å². The lowest BCUT2D eigenvalue weighted by Gasteiger charge is -2.39. The van der Waals surface area contributed by atoms with Crippen molar-refractivity contribution in [2.45, 2.75) is 32.2 Å². The van der Waals surface area contributed by atoms with Crippen LogP contribution in [0, 0.1) is 17.0 Å². The summed E-state index contributed by atoms with van der Waals surface area (Å²) in [6.07, 6.45) is 3.37. The third kappa shape index (κ3) is 2.82. The van der Waals surface area contributed by atoms with E-state index in [2.05, 4.69) is 4.90 Å². The van der Waals surface area contributed by atoms with E-state index in [1.165, 1.54) is 12.5 Å².